The van der Waals surface area contributed by atoms with Crippen LogP contribution < -0.4 is 14.8 Å². The summed E-state index contributed by atoms with van der Waals surface area (Å²) in [5.41, 5.74) is 2.66. The highest BCUT2D eigenvalue weighted by molar-refractivity contribution is 5.97. The Labute approximate surface area is 168 Å². The number of nitrogens with one attached hydrogen (secondary N) is 1. The third-order valence-corrected chi connectivity index (χ3v) is 4.58. The van der Waals surface area contributed by atoms with Crippen molar-refractivity contribution in [3.05, 3.63) is 95.7 Å². The quantitative estimate of drug-likeness (QED) is 0.487. The zero-order chi connectivity index (χ0) is 20.1. The van der Waals surface area contributed by atoms with Crippen molar-refractivity contribution < 1.29 is 18.7 Å². The summed E-state index contributed by atoms with van der Waals surface area (Å²) in [4.78, 5) is 12.4. The van der Waals surface area contributed by atoms with Gasteiger partial charge in [0, 0.05) is 11.9 Å². The summed E-state index contributed by atoms with van der Waals surface area (Å²) in [7, 11) is 1.57. The van der Waals surface area contributed by atoms with Crippen LogP contribution in [0.1, 0.15) is 21.7 Å². The van der Waals surface area contributed by atoms with Crippen molar-refractivity contribution in [1.82, 2.24) is 5.32 Å². The lowest BCUT2D eigenvalue weighted by molar-refractivity contribution is 0.0925. The highest BCUT2D eigenvalue weighted by Gasteiger charge is 2.14. The molecule has 3 aromatic carbocycles. The standard InChI is InChI=1S/C24H21NO4/c1-27-21-9-5-8-19-14-22(29-23(19)21)24(26)25-15-17-10-12-20(13-11-17)28-16-18-6-3-2-4-7-18/h2-14H,15-16H2,1H3,(H,25,26). The number of carbonyl (C=O) groups is 1. The second kappa shape index (κ2) is 8.52. The van der Waals surface area contributed by atoms with Crippen LogP contribution in [0.5, 0.6) is 11.5 Å². The van der Waals surface area contributed by atoms with Crippen molar-refractivity contribution in [3.8, 4) is 11.5 Å². The highest BCUT2D eigenvalue weighted by Crippen LogP contribution is 2.28. The van der Waals surface area contributed by atoms with E-state index in [1.807, 2.05) is 66.7 Å². The molecule has 0 spiro atoms. The molecule has 0 saturated carbocycles. The smallest absolute Gasteiger partial charge is 0.287 e. The number of carbonyl (C=O) groups excluding carboxylic acids is 1. The van der Waals surface area contributed by atoms with Crippen LogP contribution in [0.2, 0.25) is 0 Å². The summed E-state index contributed by atoms with van der Waals surface area (Å²) >= 11 is 0. The fraction of sp³-hybridized carbons (Fsp3) is 0.125. The van der Waals surface area contributed by atoms with Crippen LogP contribution >= 0.6 is 0 Å². The number of amides is 1. The summed E-state index contributed by atoms with van der Waals surface area (Å²) in [6.45, 7) is 0.915. The van der Waals surface area contributed by atoms with E-state index in [1.54, 1.807) is 19.2 Å². The Morgan fingerprint density at radius 1 is 0.931 bits per heavy atom. The van der Waals surface area contributed by atoms with Gasteiger partial charge < -0.3 is 19.2 Å². The van der Waals surface area contributed by atoms with Gasteiger partial charge in [-0.1, -0.05) is 54.6 Å². The van der Waals surface area contributed by atoms with Crippen molar-refractivity contribution in [3.63, 3.8) is 0 Å². The van der Waals surface area contributed by atoms with Gasteiger partial charge in [0.25, 0.3) is 5.91 Å². The molecule has 1 N–H and O–H groups in total. The molecule has 0 aliphatic heterocycles. The van der Waals surface area contributed by atoms with Crippen LogP contribution in [0.4, 0.5) is 0 Å². The summed E-state index contributed by atoms with van der Waals surface area (Å²) in [6.07, 6.45) is 0. The molecule has 0 saturated heterocycles. The average Bonchev–Trinajstić information content (AvgIpc) is 3.22. The minimum Gasteiger partial charge on any atom is -0.493 e. The molecule has 0 unspecified atom stereocenters. The number of hydrogen-bond acceptors (Lipinski definition) is 4. The molecule has 5 heteroatoms. The molecule has 5 nitrogen and oxygen atoms in total. The molecule has 0 fully saturated rings. The lowest BCUT2D eigenvalue weighted by atomic mass is 10.2. The second-order valence-corrected chi connectivity index (χ2v) is 6.59. The Hall–Kier alpha value is -3.73. The largest absolute Gasteiger partial charge is 0.493 e. The minimum atomic E-state index is -0.271. The molecule has 0 bridgehead atoms. The zero-order valence-corrected chi connectivity index (χ0v) is 16.1. The fourth-order valence-electron chi connectivity index (χ4n) is 3.02. The maximum Gasteiger partial charge on any atom is 0.287 e. The normalized spacial score (nSPS) is 10.7. The number of benzene rings is 3. The van der Waals surface area contributed by atoms with E-state index in [0.29, 0.717) is 24.5 Å². The van der Waals surface area contributed by atoms with E-state index >= 15 is 0 Å². The van der Waals surface area contributed by atoms with Gasteiger partial charge >= 0.3 is 0 Å². The van der Waals surface area contributed by atoms with Gasteiger partial charge in [0.1, 0.15) is 12.4 Å². The van der Waals surface area contributed by atoms with E-state index in [4.69, 9.17) is 13.9 Å². The number of hydrogen-bond donors (Lipinski definition) is 1. The molecule has 0 atom stereocenters. The predicted molar refractivity (Wildman–Crippen MR) is 111 cm³/mol. The Morgan fingerprint density at radius 3 is 2.48 bits per heavy atom. The maximum atomic E-state index is 12.4. The molecule has 0 radical (unpaired) electrons. The van der Waals surface area contributed by atoms with Crippen molar-refractivity contribution in [1.29, 1.82) is 0 Å². The number of fused-ring (bicyclic) bond motifs is 1. The Bertz CT molecular complexity index is 1100. The summed E-state index contributed by atoms with van der Waals surface area (Å²) in [5.74, 6) is 1.38. The van der Waals surface area contributed by atoms with Gasteiger partial charge in [0.2, 0.25) is 0 Å². The lowest BCUT2D eigenvalue weighted by Gasteiger charge is -2.08. The molecule has 1 heterocycles. The van der Waals surface area contributed by atoms with Gasteiger partial charge in [0.05, 0.1) is 7.11 Å². The molecule has 146 valence electrons. The molecule has 0 aliphatic carbocycles. The lowest BCUT2D eigenvalue weighted by Crippen LogP contribution is -2.22. The summed E-state index contributed by atoms with van der Waals surface area (Å²) in [5, 5.41) is 3.70. The Kier molecular flexibility index (Phi) is 5.47. The predicted octanol–water partition coefficient (Wildman–Crippen LogP) is 4.95. The number of methoxy groups -OCH3 is 1. The molecule has 4 aromatic rings. The first-order chi connectivity index (χ1) is 14.2. The van der Waals surface area contributed by atoms with Crippen LogP contribution in [0, 0.1) is 0 Å². The van der Waals surface area contributed by atoms with E-state index < -0.39 is 0 Å². The zero-order valence-electron chi connectivity index (χ0n) is 16.1. The van der Waals surface area contributed by atoms with Gasteiger partial charge in [-0.3, -0.25) is 4.79 Å². The molecule has 1 aromatic heterocycles. The second-order valence-electron chi connectivity index (χ2n) is 6.59. The van der Waals surface area contributed by atoms with Crippen LogP contribution in [-0.4, -0.2) is 13.0 Å². The van der Waals surface area contributed by atoms with Gasteiger partial charge in [-0.05, 0) is 35.4 Å². The van der Waals surface area contributed by atoms with Crippen molar-refractivity contribution in [2.45, 2.75) is 13.2 Å². The van der Waals surface area contributed by atoms with Gasteiger partial charge in [-0.15, -0.1) is 0 Å². The maximum absolute atomic E-state index is 12.4. The van der Waals surface area contributed by atoms with E-state index in [9.17, 15) is 4.79 Å². The molecular weight excluding hydrogens is 366 g/mol. The van der Waals surface area contributed by atoms with E-state index in [-0.39, 0.29) is 11.7 Å². The summed E-state index contributed by atoms with van der Waals surface area (Å²) < 4.78 is 16.7. The van der Waals surface area contributed by atoms with Crippen LogP contribution in [0.15, 0.2) is 83.3 Å². The molecule has 1 amide bonds. The number of ether oxygens (including phenoxy) is 2. The van der Waals surface area contributed by atoms with Gasteiger partial charge in [0.15, 0.2) is 17.1 Å². The van der Waals surface area contributed by atoms with E-state index in [2.05, 4.69) is 5.32 Å². The van der Waals surface area contributed by atoms with Crippen molar-refractivity contribution >= 4 is 16.9 Å². The van der Waals surface area contributed by atoms with Crippen molar-refractivity contribution in [2.24, 2.45) is 0 Å². The fourth-order valence-corrected chi connectivity index (χ4v) is 3.02. The first-order valence-corrected chi connectivity index (χ1v) is 9.33. The molecule has 4 rings (SSSR count). The van der Waals surface area contributed by atoms with Crippen LogP contribution in [0.25, 0.3) is 11.0 Å². The van der Waals surface area contributed by atoms with Crippen LogP contribution in [0.3, 0.4) is 0 Å². The van der Waals surface area contributed by atoms with Gasteiger partial charge in [-0.2, -0.15) is 0 Å². The highest BCUT2D eigenvalue weighted by atomic mass is 16.5. The minimum absolute atomic E-state index is 0.257. The average molecular weight is 387 g/mol. The van der Waals surface area contributed by atoms with Gasteiger partial charge in [-0.25, -0.2) is 0 Å². The summed E-state index contributed by atoms with van der Waals surface area (Å²) in [6, 6.07) is 24.9. The first-order valence-electron chi connectivity index (χ1n) is 9.33. The monoisotopic (exact) mass is 387 g/mol. The third-order valence-electron chi connectivity index (χ3n) is 4.58. The molecular formula is C24H21NO4. The first kappa shape index (κ1) is 18.6. The topological polar surface area (TPSA) is 60.7 Å². The SMILES string of the molecule is COc1cccc2cc(C(=O)NCc3ccc(OCc4ccccc4)cc3)oc12. The number of rotatable bonds is 7. The Morgan fingerprint density at radius 2 is 1.72 bits per heavy atom. The molecule has 0 aliphatic rings. The van der Waals surface area contributed by atoms with E-state index in [0.717, 1.165) is 22.3 Å². The Balaban J connectivity index is 1.34. The number of para-hydroxylation sites is 1. The van der Waals surface area contributed by atoms with E-state index in [1.165, 1.54) is 0 Å². The van der Waals surface area contributed by atoms with Crippen LogP contribution in [-0.2, 0) is 13.2 Å². The molecule has 29 heavy (non-hydrogen) atoms. The number of furan rings is 1. The van der Waals surface area contributed by atoms with Crippen molar-refractivity contribution in [2.75, 3.05) is 7.11 Å². The third kappa shape index (κ3) is 4.41.